The molecule has 0 bridgehead atoms. The molecule has 0 aliphatic heterocycles. The highest BCUT2D eigenvalue weighted by Crippen LogP contribution is 2.21. The third-order valence-electron chi connectivity index (χ3n) is 5.77. The van der Waals surface area contributed by atoms with Gasteiger partial charge in [0.05, 0.1) is 29.5 Å². The molecular formula is C28H21F2N11. The Kier molecular flexibility index (Phi) is 7.58. The van der Waals surface area contributed by atoms with Crippen LogP contribution in [0.25, 0.3) is 50.7 Å². The van der Waals surface area contributed by atoms with Gasteiger partial charge in [-0.1, -0.05) is 7.43 Å². The summed E-state index contributed by atoms with van der Waals surface area (Å²) in [6, 6.07) is 12.2. The molecule has 11 nitrogen and oxygen atoms in total. The maximum Gasteiger partial charge on any atom is 0.186 e. The lowest BCUT2D eigenvalue weighted by molar-refractivity contribution is 0.627. The predicted octanol–water partition coefficient (Wildman–Crippen LogP) is 4.98. The Balaban J connectivity index is 0.000000164. The van der Waals surface area contributed by atoms with Crippen molar-refractivity contribution in [3.05, 3.63) is 104 Å². The average molecular weight is 550 g/mol. The van der Waals surface area contributed by atoms with Gasteiger partial charge < -0.3 is 0 Å². The summed E-state index contributed by atoms with van der Waals surface area (Å²) in [7, 11) is 0. The van der Waals surface area contributed by atoms with Crippen LogP contribution in [0.15, 0.2) is 86.2 Å². The number of rotatable bonds is 3. The van der Waals surface area contributed by atoms with Crippen LogP contribution in [-0.2, 0) is 0 Å². The molecule has 0 unspecified atom stereocenters. The molecule has 0 atom stereocenters. The second-order valence-corrected chi connectivity index (χ2v) is 8.37. The molecule has 0 spiro atoms. The fourth-order valence-corrected chi connectivity index (χ4v) is 3.78. The van der Waals surface area contributed by atoms with E-state index in [2.05, 4.69) is 50.0 Å². The van der Waals surface area contributed by atoms with Gasteiger partial charge in [-0.25, -0.2) is 58.3 Å². The second kappa shape index (κ2) is 11.6. The summed E-state index contributed by atoms with van der Waals surface area (Å²) in [4.78, 5) is 37.8. The summed E-state index contributed by atoms with van der Waals surface area (Å²) in [5.41, 5.74) is 5.80. The molecule has 0 aliphatic rings. The van der Waals surface area contributed by atoms with E-state index in [1.54, 1.807) is 36.7 Å². The molecule has 0 aliphatic carbocycles. The van der Waals surface area contributed by atoms with Crippen LogP contribution in [0, 0.1) is 18.6 Å². The van der Waals surface area contributed by atoms with Crippen molar-refractivity contribution in [2.45, 2.75) is 14.4 Å². The van der Waals surface area contributed by atoms with Crippen molar-refractivity contribution in [1.82, 2.24) is 54.6 Å². The van der Waals surface area contributed by atoms with Gasteiger partial charge in [-0.3, -0.25) is 0 Å². The van der Waals surface area contributed by atoms with Gasteiger partial charge in [0, 0.05) is 11.1 Å². The highest BCUT2D eigenvalue weighted by Gasteiger charge is 2.11. The molecule has 0 saturated carbocycles. The van der Waals surface area contributed by atoms with Gasteiger partial charge in [-0.15, -0.1) is 0 Å². The van der Waals surface area contributed by atoms with E-state index in [1.807, 2.05) is 6.92 Å². The molecule has 7 rings (SSSR count). The van der Waals surface area contributed by atoms with Crippen LogP contribution < -0.4 is 0 Å². The van der Waals surface area contributed by atoms with Crippen LogP contribution in [0.5, 0.6) is 0 Å². The molecule has 0 N–H and O–H groups in total. The maximum absolute atomic E-state index is 13.0. The Morgan fingerprint density at radius 3 is 1.71 bits per heavy atom. The first-order valence-electron chi connectivity index (χ1n) is 11.8. The van der Waals surface area contributed by atoms with Crippen LogP contribution in [0.1, 0.15) is 13.1 Å². The van der Waals surface area contributed by atoms with E-state index in [0.717, 1.165) is 16.8 Å². The van der Waals surface area contributed by atoms with E-state index >= 15 is 0 Å². The summed E-state index contributed by atoms with van der Waals surface area (Å²) in [6.45, 7) is 1.85. The molecule has 0 saturated heterocycles. The third-order valence-corrected chi connectivity index (χ3v) is 5.77. The molecule has 0 fully saturated rings. The van der Waals surface area contributed by atoms with E-state index in [9.17, 15) is 8.78 Å². The fraction of sp³-hybridized carbons (Fsp3) is 0.0714. The quantitative estimate of drug-likeness (QED) is 0.297. The van der Waals surface area contributed by atoms with Crippen LogP contribution >= 0.6 is 0 Å². The van der Waals surface area contributed by atoms with Gasteiger partial charge in [0.1, 0.15) is 42.5 Å². The van der Waals surface area contributed by atoms with Crippen molar-refractivity contribution < 1.29 is 8.78 Å². The molecule has 202 valence electrons. The lowest BCUT2D eigenvalue weighted by atomic mass is 10.1. The molecular weight excluding hydrogens is 528 g/mol. The fourth-order valence-electron chi connectivity index (χ4n) is 3.78. The van der Waals surface area contributed by atoms with Crippen molar-refractivity contribution >= 4 is 22.3 Å². The zero-order valence-electron chi connectivity index (χ0n) is 20.8. The summed E-state index contributed by atoms with van der Waals surface area (Å²) in [6.07, 6.45) is 9.00. The zero-order valence-corrected chi connectivity index (χ0v) is 20.8. The predicted molar refractivity (Wildman–Crippen MR) is 147 cm³/mol. The van der Waals surface area contributed by atoms with Gasteiger partial charge in [0.15, 0.2) is 22.6 Å². The highest BCUT2D eigenvalue weighted by atomic mass is 19.1. The number of aryl methyl sites for hydroxylation is 1. The van der Waals surface area contributed by atoms with Gasteiger partial charge in [-0.2, -0.15) is 5.10 Å². The Labute approximate surface area is 232 Å². The van der Waals surface area contributed by atoms with Gasteiger partial charge in [0.2, 0.25) is 0 Å². The van der Waals surface area contributed by atoms with Crippen molar-refractivity contribution in [2.75, 3.05) is 0 Å². The Hall–Kier alpha value is -5.72. The number of benzene rings is 2. The SMILES string of the molecule is C.Cc1ncnc2ncc(-c3ccc(F)cc3)nc12.Fc1ccc(-c2cnc3ncnc(-n4cncn4)c3n2)cc1. The number of aromatic nitrogens is 11. The summed E-state index contributed by atoms with van der Waals surface area (Å²) >= 11 is 0. The van der Waals surface area contributed by atoms with E-state index < -0.39 is 0 Å². The van der Waals surface area contributed by atoms with Crippen molar-refractivity contribution in [3.8, 4) is 28.3 Å². The maximum atomic E-state index is 13.0. The van der Waals surface area contributed by atoms with Crippen molar-refractivity contribution in [1.29, 1.82) is 0 Å². The van der Waals surface area contributed by atoms with Crippen molar-refractivity contribution in [3.63, 3.8) is 0 Å². The molecule has 0 amide bonds. The van der Waals surface area contributed by atoms with Crippen molar-refractivity contribution in [2.24, 2.45) is 0 Å². The first kappa shape index (κ1) is 26.9. The first-order chi connectivity index (χ1) is 19.5. The lowest BCUT2D eigenvalue weighted by Crippen LogP contribution is -2.03. The molecule has 5 heterocycles. The molecule has 2 aromatic carbocycles. The van der Waals surface area contributed by atoms with E-state index in [-0.39, 0.29) is 19.1 Å². The lowest BCUT2D eigenvalue weighted by Gasteiger charge is -2.05. The van der Waals surface area contributed by atoms with E-state index in [1.165, 1.54) is 54.3 Å². The molecule has 41 heavy (non-hydrogen) atoms. The van der Waals surface area contributed by atoms with Gasteiger partial charge >= 0.3 is 0 Å². The first-order valence-corrected chi connectivity index (χ1v) is 11.8. The number of hydrogen-bond acceptors (Lipinski definition) is 10. The minimum atomic E-state index is -0.302. The smallest absolute Gasteiger partial charge is 0.186 e. The van der Waals surface area contributed by atoms with Crippen LogP contribution in [0.2, 0.25) is 0 Å². The Morgan fingerprint density at radius 1 is 0.610 bits per heavy atom. The molecule has 5 aromatic heterocycles. The summed E-state index contributed by atoms with van der Waals surface area (Å²) in [5, 5.41) is 4.05. The van der Waals surface area contributed by atoms with E-state index in [0.29, 0.717) is 39.5 Å². The average Bonchev–Trinajstić information content (AvgIpc) is 3.53. The Morgan fingerprint density at radius 2 is 1.15 bits per heavy atom. The van der Waals surface area contributed by atoms with E-state index in [4.69, 9.17) is 0 Å². The molecule has 0 radical (unpaired) electrons. The number of fused-ring (bicyclic) bond motifs is 2. The summed E-state index contributed by atoms with van der Waals surface area (Å²) < 4.78 is 27.4. The standard InChI is InChI=1S/C14H8FN7.C13H9FN4.CH4/c15-10-3-1-9(2-4-10)11-5-17-13-12(21-11)14(19-7-18-13)22-8-16-6-20-22;1-8-12-13(17-7-16-8)15-6-11(18-12)9-2-4-10(14)5-3-9;/h1-8H;2-7H,1H3;1H4. The number of hydrogen-bond donors (Lipinski definition) is 0. The van der Waals surface area contributed by atoms with Crippen LogP contribution in [-0.4, -0.2) is 54.6 Å². The monoisotopic (exact) mass is 549 g/mol. The largest absolute Gasteiger partial charge is 0.241 e. The molecule has 7 aromatic rings. The van der Waals surface area contributed by atoms with Gasteiger partial charge in [0.25, 0.3) is 0 Å². The minimum Gasteiger partial charge on any atom is -0.241 e. The van der Waals surface area contributed by atoms with Crippen LogP contribution in [0.4, 0.5) is 8.78 Å². The third kappa shape index (κ3) is 5.68. The molecule has 13 heteroatoms. The topological polar surface area (TPSA) is 134 Å². The Bertz CT molecular complexity index is 1930. The number of nitrogens with zero attached hydrogens (tertiary/aromatic N) is 11. The highest BCUT2D eigenvalue weighted by molar-refractivity contribution is 5.79. The normalized spacial score (nSPS) is 10.6. The number of halogens is 2. The second-order valence-electron chi connectivity index (χ2n) is 8.37. The zero-order chi connectivity index (χ0) is 27.5. The minimum absolute atomic E-state index is 0. The van der Waals surface area contributed by atoms with Crippen LogP contribution in [0.3, 0.4) is 0 Å². The summed E-state index contributed by atoms with van der Waals surface area (Å²) in [5.74, 6) is -0.0879. The van der Waals surface area contributed by atoms with Gasteiger partial charge in [-0.05, 0) is 55.5 Å².